The van der Waals surface area contributed by atoms with Gasteiger partial charge in [-0.2, -0.15) is 0 Å². The highest BCUT2D eigenvalue weighted by Gasteiger charge is 2.30. The number of rotatable bonds is 3. The van der Waals surface area contributed by atoms with E-state index in [0.717, 1.165) is 5.75 Å². The predicted octanol–water partition coefficient (Wildman–Crippen LogP) is 3.04. The van der Waals surface area contributed by atoms with Gasteiger partial charge in [-0.25, -0.2) is 0 Å². The number of thioether (sulfide) groups is 1. The molecule has 0 spiro atoms. The van der Waals surface area contributed by atoms with Crippen molar-refractivity contribution in [3.63, 3.8) is 0 Å². The van der Waals surface area contributed by atoms with Crippen LogP contribution in [0.4, 0.5) is 0 Å². The maximum absolute atomic E-state index is 11.1. The summed E-state index contributed by atoms with van der Waals surface area (Å²) in [5.41, 5.74) is 1.27. The fourth-order valence-electron chi connectivity index (χ4n) is 1.74. The molecule has 0 bridgehead atoms. The van der Waals surface area contributed by atoms with E-state index < -0.39 is 0 Å². The molecule has 0 N–H and O–H groups in total. The number of hydrogen-bond donors (Lipinski definition) is 0. The van der Waals surface area contributed by atoms with Gasteiger partial charge in [-0.05, 0) is 19.1 Å². The number of cyclic esters (lactones) is 1. The van der Waals surface area contributed by atoms with Gasteiger partial charge in [0.25, 0.3) is 0 Å². The third-order valence-electron chi connectivity index (χ3n) is 2.84. The molecule has 2 rings (SSSR count). The predicted molar refractivity (Wildman–Crippen MR) is 65.6 cm³/mol. The number of carbonyl (C=O) groups is 1. The van der Waals surface area contributed by atoms with E-state index in [1.165, 1.54) is 10.5 Å². The minimum Gasteiger partial charge on any atom is -0.461 e. The molecule has 0 amide bonds. The lowest BCUT2D eigenvalue weighted by atomic mass is 10.1. The van der Waals surface area contributed by atoms with Gasteiger partial charge in [0, 0.05) is 16.6 Å². The molecule has 16 heavy (non-hydrogen) atoms. The topological polar surface area (TPSA) is 26.3 Å². The van der Waals surface area contributed by atoms with Crippen LogP contribution in [0.1, 0.15) is 18.9 Å². The summed E-state index contributed by atoms with van der Waals surface area (Å²) < 4.78 is 5.26. The molecule has 0 aliphatic carbocycles. The zero-order valence-corrected chi connectivity index (χ0v) is 10.4. The second kappa shape index (κ2) is 4.91. The largest absolute Gasteiger partial charge is 0.461 e. The number of benzene rings is 1. The summed E-state index contributed by atoms with van der Waals surface area (Å²) in [6.07, 6.45) is 0.651. The summed E-state index contributed by atoms with van der Waals surface area (Å²) in [4.78, 5) is 12.3. The highest BCUT2D eigenvalue weighted by Crippen LogP contribution is 2.28. The van der Waals surface area contributed by atoms with Crippen molar-refractivity contribution < 1.29 is 9.53 Å². The first kappa shape index (κ1) is 11.5. The quantitative estimate of drug-likeness (QED) is 0.596. The molecular formula is C13H16O2S. The molecule has 0 radical (unpaired) electrons. The van der Waals surface area contributed by atoms with Crippen molar-refractivity contribution in [2.45, 2.75) is 31.3 Å². The van der Waals surface area contributed by atoms with Gasteiger partial charge in [0.05, 0.1) is 6.42 Å². The van der Waals surface area contributed by atoms with Crippen LogP contribution in [0.5, 0.6) is 0 Å². The molecule has 1 heterocycles. The van der Waals surface area contributed by atoms with Gasteiger partial charge >= 0.3 is 5.97 Å². The summed E-state index contributed by atoms with van der Waals surface area (Å²) in [6, 6.07) is 8.43. The minimum absolute atomic E-state index is 0.0537. The molecule has 86 valence electrons. The van der Waals surface area contributed by atoms with Crippen molar-refractivity contribution in [1.82, 2.24) is 0 Å². The maximum Gasteiger partial charge on any atom is 0.306 e. The highest BCUT2D eigenvalue weighted by atomic mass is 32.2. The van der Waals surface area contributed by atoms with Crippen molar-refractivity contribution in [2.24, 2.45) is 5.92 Å². The third kappa shape index (κ3) is 2.79. The molecule has 0 aromatic heterocycles. The van der Waals surface area contributed by atoms with Crippen LogP contribution in [-0.2, 0) is 9.53 Å². The van der Waals surface area contributed by atoms with Gasteiger partial charge in [0.1, 0.15) is 6.10 Å². The molecule has 0 unspecified atom stereocenters. The molecule has 1 aromatic carbocycles. The fourth-order valence-corrected chi connectivity index (χ4v) is 2.82. The first-order valence-electron chi connectivity index (χ1n) is 5.54. The van der Waals surface area contributed by atoms with E-state index in [-0.39, 0.29) is 12.1 Å². The summed E-state index contributed by atoms with van der Waals surface area (Å²) in [5.74, 6) is 1.16. The summed E-state index contributed by atoms with van der Waals surface area (Å²) in [6.45, 7) is 4.15. The monoisotopic (exact) mass is 236 g/mol. The number of ether oxygens (including phenoxy) is 1. The van der Waals surface area contributed by atoms with E-state index in [1.54, 1.807) is 11.8 Å². The van der Waals surface area contributed by atoms with Gasteiger partial charge < -0.3 is 4.74 Å². The summed E-state index contributed by atoms with van der Waals surface area (Å²) >= 11 is 1.75. The Morgan fingerprint density at radius 3 is 2.62 bits per heavy atom. The first-order valence-corrected chi connectivity index (χ1v) is 6.52. The second-order valence-electron chi connectivity index (χ2n) is 4.33. The average Bonchev–Trinajstić information content (AvgIpc) is 2.57. The molecule has 1 saturated heterocycles. The van der Waals surface area contributed by atoms with Crippen molar-refractivity contribution in [3.8, 4) is 0 Å². The van der Waals surface area contributed by atoms with Crippen LogP contribution in [0.25, 0.3) is 0 Å². The molecule has 2 atom stereocenters. The lowest BCUT2D eigenvalue weighted by Crippen LogP contribution is -2.16. The van der Waals surface area contributed by atoms with Gasteiger partial charge in [0.15, 0.2) is 0 Å². The average molecular weight is 236 g/mol. The Morgan fingerprint density at radius 2 is 2.06 bits per heavy atom. The van der Waals surface area contributed by atoms with Crippen molar-refractivity contribution in [2.75, 3.05) is 5.75 Å². The van der Waals surface area contributed by atoms with Crippen LogP contribution < -0.4 is 0 Å². The van der Waals surface area contributed by atoms with Crippen LogP contribution in [0.2, 0.25) is 0 Å². The Kier molecular flexibility index (Phi) is 3.54. The molecule has 1 fully saturated rings. The Hall–Kier alpha value is -0.960. The number of hydrogen-bond acceptors (Lipinski definition) is 3. The van der Waals surface area contributed by atoms with E-state index in [4.69, 9.17) is 4.74 Å². The van der Waals surface area contributed by atoms with Crippen LogP contribution in [0, 0.1) is 12.8 Å². The van der Waals surface area contributed by atoms with Crippen molar-refractivity contribution in [1.29, 1.82) is 0 Å². The zero-order chi connectivity index (χ0) is 11.5. The smallest absolute Gasteiger partial charge is 0.306 e. The normalized spacial score (nSPS) is 24.5. The van der Waals surface area contributed by atoms with E-state index in [1.807, 2.05) is 0 Å². The minimum atomic E-state index is -0.0537. The van der Waals surface area contributed by atoms with Crippen LogP contribution in [0.3, 0.4) is 0 Å². The highest BCUT2D eigenvalue weighted by molar-refractivity contribution is 7.99. The van der Waals surface area contributed by atoms with Gasteiger partial charge in [-0.15, -0.1) is 11.8 Å². The standard InChI is InChI=1S/C13H16O2S/c1-9-3-5-11(6-4-9)16-8-12-10(2)7-13(14)15-12/h3-6,10,12H,7-8H2,1-2H3/t10-,12-/m1/s1. The Bertz CT molecular complexity index is 372. The Balaban J connectivity index is 1.88. The van der Waals surface area contributed by atoms with Crippen LogP contribution >= 0.6 is 11.8 Å². The summed E-state index contributed by atoms with van der Waals surface area (Å²) in [7, 11) is 0. The second-order valence-corrected chi connectivity index (χ2v) is 5.43. The fraction of sp³-hybridized carbons (Fsp3) is 0.462. The summed E-state index contributed by atoms with van der Waals surface area (Å²) in [5, 5.41) is 0. The Morgan fingerprint density at radius 1 is 1.38 bits per heavy atom. The number of carbonyl (C=O) groups excluding carboxylic acids is 1. The van der Waals surface area contributed by atoms with Gasteiger partial charge in [-0.1, -0.05) is 24.6 Å². The lowest BCUT2D eigenvalue weighted by Gasteiger charge is -2.12. The lowest BCUT2D eigenvalue weighted by molar-refractivity contribution is -0.140. The van der Waals surface area contributed by atoms with Gasteiger partial charge in [-0.3, -0.25) is 4.79 Å². The maximum atomic E-state index is 11.1. The van der Waals surface area contributed by atoms with E-state index in [0.29, 0.717) is 12.3 Å². The first-order chi connectivity index (χ1) is 7.65. The third-order valence-corrected chi connectivity index (χ3v) is 3.94. The van der Waals surface area contributed by atoms with E-state index in [9.17, 15) is 4.79 Å². The van der Waals surface area contributed by atoms with E-state index in [2.05, 4.69) is 38.1 Å². The van der Waals surface area contributed by atoms with E-state index >= 15 is 0 Å². The molecule has 1 aromatic rings. The number of aryl methyl sites for hydroxylation is 1. The molecular weight excluding hydrogens is 220 g/mol. The van der Waals surface area contributed by atoms with Crippen LogP contribution in [0.15, 0.2) is 29.2 Å². The molecule has 2 nitrogen and oxygen atoms in total. The zero-order valence-electron chi connectivity index (χ0n) is 9.60. The van der Waals surface area contributed by atoms with Crippen molar-refractivity contribution >= 4 is 17.7 Å². The van der Waals surface area contributed by atoms with Crippen LogP contribution in [-0.4, -0.2) is 17.8 Å². The van der Waals surface area contributed by atoms with Gasteiger partial charge in [0.2, 0.25) is 0 Å². The molecule has 1 aliphatic heterocycles. The number of esters is 1. The molecule has 1 aliphatic rings. The molecule has 0 saturated carbocycles. The van der Waals surface area contributed by atoms with Crippen molar-refractivity contribution in [3.05, 3.63) is 29.8 Å². The Labute approximate surface area is 100 Å². The molecule has 3 heteroatoms. The SMILES string of the molecule is Cc1ccc(SC[C@H]2OC(=O)C[C@H]2C)cc1.